The number of hydrogen-bond acceptors (Lipinski definition) is 3. The summed E-state index contributed by atoms with van der Waals surface area (Å²) in [5.74, 6) is 0.714. The molecular formula is C14H23ClN2O. The van der Waals surface area contributed by atoms with Crippen molar-refractivity contribution in [1.29, 1.82) is 0 Å². The van der Waals surface area contributed by atoms with Gasteiger partial charge in [-0.25, -0.2) is 0 Å². The molecule has 0 amide bonds. The molecule has 0 aromatic heterocycles. The minimum absolute atomic E-state index is 0.147. The highest BCUT2D eigenvalue weighted by atomic mass is 35.5. The van der Waals surface area contributed by atoms with E-state index in [9.17, 15) is 0 Å². The number of nitrogens with zero attached hydrogens (tertiary/aromatic N) is 1. The van der Waals surface area contributed by atoms with E-state index in [0.717, 1.165) is 26.1 Å². The first kappa shape index (κ1) is 15.1. The van der Waals surface area contributed by atoms with Crippen LogP contribution in [-0.4, -0.2) is 30.6 Å². The van der Waals surface area contributed by atoms with Crippen LogP contribution in [0.3, 0.4) is 0 Å². The summed E-state index contributed by atoms with van der Waals surface area (Å²) < 4.78 is 5.83. The predicted molar refractivity (Wildman–Crippen MR) is 78.4 cm³/mol. The standard InChI is InChI=1S/C14H23ClN2O/c1-4-17(5-2)9-8-11(3)18-14-7-6-12(15)10-13(14)16/h6-7,10-11H,4-5,8-9,16H2,1-3H3. The van der Waals surface area contributed by atoms with Gasteiger partial charge in [0.1, 0.15) is 5.75 Å². The van der Waals surface area contributed by atoms with Gasteiger partial charge in [0.15, 0.2) is 0 Å². The molecule has 1 unspecified atom stereocenters. The first-order chi connectivity index (χ1) is 8.56. The van der Waals surface area contributed by atoms with Crippen LogP contribution < -0.4 is 10.5 Å². The van der Waals surface area contributed by atoms with Crippen LogP contribution >= 0.6 is 11.6 Å². The second kappa shape index (κ2) is 7.49. The van der Waals surface area contributed by atoms with Crippen molar-refractivity contribution in [2.24, 2.45) is 0 Å². The lowest BCUT2D eigenvalue weighted by Gasteiger charge is -2.21. The summed E-state index contributed by atoms with van der Waals surface area (Å²) in [6.45, 7) is 9.61. The Kier molecular flexibility index (Phi) is 6.30. The zero-order valence-electron chi connectivity index (χ0n) is 11.4. The van der Waals surface area contributed by atoms with E-state index in [4.69, 9.17) is 22.1 Å². The fourth-order valence-electron chi connectivity index (χ4n) is 1.81. The highest BCUT2D eigenvalue weighted by molar-refractivity contribution is 6.30. The Morgan fingerprint density at radius 1 is 1.33 bits per heavy atom. The van der Waals surface area contributed by atoms with Gasteiger partial charge in [-0.05, 0) is 44.6 Å². The summed E-state index contributed by atoms with van der Waals surface area (Å²) in [4.78, 5) is 2.38. The van der Waals surface area contributed by atoms with Gasteiger partial charge in [-0.15, -0.1) is 0 Å². The summed E-state index contributed by atoms with van der Waals surface area (Å²) in [6, 6.07) is 5.34. The van der Waals surface area contributed by atoms with Gasteiger partial charge in [-0.2, -0.15) is 0 Å². The third-order valence-electron chi connectivity index (χ3n) is 3.05. The van der Waals surface area contributed by atoms with Crippen LogP contribution in [0.2, 0.25) is 5.02 Å². The maximum atomic E-state index is 5.86. The van der Waals surface area contributed by atoms with Crippen molar-refractivity contribution in [3.63, 3.8) is 0 Å². The summed E-state index contributed by atoms with van der Waals surface area (Å²) in [7, 11) is 0. The second-order valence-electron chi connectivity index (χ2n) is 4.43. The van der Waals surface area contributed by atoms with Crippen LogP contribution in [0, 0.1) is 0 Å². The smallest absolute Gasteiger partial charge is 0.142 e. The Balaban J connectivity index is 2.46. The summed E-state index contributed by atoms with van der Waals surface area (Å²) in [5.41, 5.74) is 6.45. The molecule has 4 heteroatoms. The van der Waals surface area contributed by atoms with Crippen molar-refractivity contribution in [2.75, 3.05) is 25.4 Å². The van der Waals surface area contributed by atoms with Gasteiger partial charge in [-0.1, -0.05) is 25.4 Å². The first-order valence-corrected chi connectivity index (χ1v) is 6.88. The van der Waals surface area contributed by atoms with Gasteiger partial charge in [0.25, 0.3) is 0 Å². The van der Waals surface area contributed by atoms with Gasteiger partial charge in [0.05, 0.1) is 11.8 Å². The van der Waals surface area contributed by atoms with Crippen molar-refractivity contribution < 1.29 is 4.74 Å². The van der Waals surface area contributed by atoms with Crippen molar-refractivity contribution in [3.8, 4) is 5.75 Å². The van der Waals surface area contributed by atoms with Gasteiger partial charge in [-0.3, -0.25) is 0 Å². The summed E-state index contributed by atoms with van der Waals surface area (Å²) in [5, 5.41) is 0.635. The fraction of sp³-hybridized carbons (Fsp3) is 0.571. The molecule has 0 saturated heterocycles. The Morgan fingerprint density at radius 2 is 2.00 bits per heavy atom. The van der Waals surface area contributed by atoms with E-state index in [2.05, 4.69) is 25.7 Å². The number of ether oxygens (including phenoxy) is 1. The predicted octanol–water partition coefficient (Wildman–Crippen LogP) is 3.42. The van der Waals surface area contributed by atoms with Crippen molar-refractivity contribution in [2.45, 2.75) is 33.3 Å². The average molecular weight is 271 g/mol. The number of rotatable bonds is 7. The monoisotopic (exact) mass is 270 g/mol. The molecule has 1 aromatic rings. The lowest BCUT2D eigenvalue weighted by atomic mass is 10.2. The Labute approximate surface area is 115 Å². The number of benzene rings is 1. The van der Waals surface area contributed by atoms with E-state index in [0.29, 0.717) is 16.5 Å². The molecule has 3 nitrogen and oxygen atoms in total. The molecule has 0 aliphatic heterocycles. The largest absolute Gasteiger partial charge is 0.489 e. The molecule has 1 aromatic carbocycles. The van der Waals surface area contributed by atoms with E-state index in [1.54, 1.807) is 12.1 Å². The van der Waals surface area contributed by atoms with E-state index in [1.165, 1.54) is 0 Å². The number of hydrogen-bond donors (Lipinski definition) is 1. The quantitative estimate of drug-likeness (QED) is 0.772. The van der Waals surface area contributed by atoms with Gasteiger partial charge in [0, 0.05) is 11.6 Å². The fourth-order valence-corrected chi connectivity index (χ4v) is 1.99. The molecule has 0 radical (unpaired) electrons. The van der Waals surface area contributed by atoms with Crippen LogP contribution in [0.15, 0.2) is 18.2 Å². The number of nitrogens with two attached hydrogens (primary N) is 1. The molecule has 0 heterocycles. The van der Waals surface area contributed by atoms with Crippen LogP contribution in [0.5, 0.6) is 5.75 Å². The molecule has 0 aliphatic carbocycles. The number of anilines is 1. The van der Waals surface area contributed by atoms with Crippen LogP contribution in [-0.2, 0) is 0 Å². The van der Waals surface area contributed by atoms with E-state index in [1.807, 2.05) is 6.07 Å². The molecule has 0 spiro atoms. The molecule has 2 N–H and O–H groups in total. The average Bonchev–Trinajstić information content (AvgIpc) is 2.34. The van der Waals surface area contributed by atoms with Crippen molar-refractivity contribution in [1.82, 2.24) is 4.90 Å². The zero-order chi connectivity index (χ0) is 13.5. The zero-order valence-corrected chi connectivity index (χ0v) is 12.2. The highest BCUT2D eigenvalue weighted by Crippen LogP contribution is 2.26. The maximum absolute atomic E-state index is 5.86. The molecule has 0 fully saturated rings. The SMILES string of the molecule is CCN(CC)CCC(C)Oc1ccc(Cl)cc1N. The minimum atomic E-state index is 0.147. The van der Waals surface area contributed by atoms with Gasteiger partial charge < -0.3 is 15.4 Å². The molecule has 0 saturated carbocycles. The normalized spacial score (nSPS) is 12.7. The topological polar surface area (TPSA) is 38.5 Å². The van der Waals surface area contributed by atoms with Gasteiger partial charge in [0.2, 0.25) is 0 Å². The Morgan fingerprint density at radius 3 is 2.56 bits per heavy atom. The lowest BCUT2D eigenvalue weighted by Crippen LogP contribution is -2.28. The summed E-state index contributed by atoms with van der Waals surface area (Å²) >= 11 is 5.85. The summed E-state index contributed by atoms with van der Waals surface area (Å²) in [6.07, 6.45) is 1.14. The number of nitrogen functional groups attached to an aromatic ring is 1. The molecule has 1 atom stereocenters. The van der Waals surface area contributed by atoms with E-state index < -0.39 is 0 Å². The molecule has 0 aliphatic rings. The third kappa shape index (κ3) is 4.75. The maximum Gasteiger partial charge on any atom is 0.142 e. The van der Waals surface area contributed by atoms with E-state index in [-0.39, 0.29) is 6.10 Å². The van der Waals surface area contributed by atoms with E-state index >= 15 is 0 Å². The minimum Gasteiger partial charge on any atom is -0.489 e. The first-order valence-electron chi connectivity index (χ1n) is 6.50. The molecular weight excluding hydrogens is 248 g/mol. The lowest BCUT2D eigenvalue weighted by molar-refractivity contribution is 0.182. The van der Waals surface area contributed by atoms with Gasteiger partial charge >= 0.3 is 0 Å². The number of halogens is 1. The van der Waals surface area contributed by atoms with Crippen molar-refractivity contribution in [3.05, 3.63) is 23.2 Å². The third-order valence-corrected chi connectivity index (χ3v) is 3.28. The van der Waals surface area contributed by atoms with Crippen LogP contribution in [0.25, 0.3) is 0 Å². The molecule has 18 heavy (non-hydrogen) atoms. The van der Waals surface area contributed by atoms with Crippen LogP contribution in [0.1, 0.15) is 27.2 Å². The Hall–Kier alpha value is -0.930. The highest BCUT2D eigenvalue weighted by Gasteiger charge is 2.09. The van der Waals surface area contributed by atoms with Crippen molar-refractivity contribution >= 4 is 17.3 Å². The Bertz CT molecular complexity index is 367. The van der Waals surface area contributed by atoms with Crippen LogP contribution in [0.4, 0.5) is 5.69 Å². The molecule has 1 rings (SSSR count). The second-order valence-corrected chi connectivity index (χ2v) is 4.86. The molecule has 102 valence electrons. The molecule has 0 bridgehead atoms.